The molecule has 0 spiro atoms. The van der Waals surface area contributed by atoms with Gasteiger partial charge in [0.25, 0.3) is 0 Å². The third-order valence-corrected chi connectivity index (χ3v) is 0.985. The average molecular weight is 113 g/mol. The quantitative estimate of drug-likeness (QED) is 0.500. The molecule has 0 aromatic carbocycles. The Bertz CT molecular complexity index is 147. The van der Waals surface area contributed by atoms with Gasteiger partial charge in [-0.1, -0.05) is 0 Å². The van der Waals surface area contributed by atoms with Gasteiger partial charge in [0.05, 0.1) is 6.54 Å². The van der Waals surface area contributed by atoms with Gasteiger partial charge in [0.15, 0.2) is 0 Å². The molecule has 1 aliphatic heterocycles. The van der Waals surface area contributed by atoms with E-state index in [1.54, 1.807) is 6.20 Å². The third kappa shape index (κ3) is 1.09. The van der Waals surface area contributed by atoms with Crippen molar-refractivity contribution in [1.82, 2.24) is 5.32 Å². The Morgan fingerprint density at radius 2 is 2.50 bits per heavy atom. The zero-order valence-electron chi connectivity index (χ0n) is 4.74. The van der Waals surface area contributed by atoms with Crippen LogP contribution in [0.5, 0.6) is 0 Å². The van der Waals surface area contributed by atoms with Gasteiger partial charge in [0.1, 0.15) is 5.83 Å². The molecule has 1 aliphatic rings. The molecular formula is C6H8FN. The van der Waals surface area contributed by atoms with Crippen LogP contribution in [0.15, 0.2) is 23.7 Å². The minimum absolute atomic E-state index is 0.0926. The molecule has 1 heterocycles. The molecule has 1 N–H and O–H groups in total. The molecule has 0 aliphatic carbocycles. The van der Waals surface area contributed by atoms with Crippen molar-refractivity contribution in [2.75, 3.05) is 6.54 Å². The number of hydrogen-bond donors (Lipinski definition) is 1. The highest BCUT2D eigenvalue weighted by Gasteiger charge is 1.97. The fourth-order valence-corrected chi connectivity index (χ4v) is 0.649. The molecule has 1 rings (SSSR count). The first-order valence-electron chi connectivity index (χ1n) is 2.55. The van der Waals surface area contributed by atoms with Crippen molar-refractivity contribution >= 4 is 0 Å². The summed E-state index contributed by atoms with van der Waals surface area (Å²) in [6.07, 6.45) is 3.32. The number of dihydropyridines is 1. The number of allylic oxidation sites excluding steroid dienone is 2. The highest BCUT2D eigenvalue weighted by molar-refractivity contribution is 5.22. The van der Waals surface area contributed by atoms with E-state index in [-0.39, 0.29) is 5.83 Å². The fraction of sp³-hybridized carbons (Fsp3) is 0.333. The number of nitrogens with one attached hydrogen (secondary N) is 1. The summed E-state index contributed by atoms with van der Waals surface area (Å²) >= 11 is 0. The van der Waals surface area contributed by atoms with Gasteiger partial charge in [-0.3, -0.25) is 0 Å². The SMILES string of the molecule is CC1=CNCC(F)=C1. The molecule has 0 fully saturated rings. The van der Waals surface area contributed by atoms with Crippen LogP contribution in [0.1, 0.15) is 6.92 Å². The second-order valence-electron chi connectivity index (χ2n) is 1.86. The van der Waals surface area contributed by atoms with Crippen LogP contribution in [0.3, 0.4) is 0 Å². The van der Waals surface area contributed by atoms with Crippen LogP contribution in [-0.4, -0.2) is 6.54 Å². The first-order valence-corrected chi connectivity index (χ1v) is 2.55. The maximum atomic E-state index is 12.2. The first-order chi connectivity index (χ1) is 3.79. The summed E-state index contributed by atoms with van der Waals surface area (Å²) in [5.41, 5.74) is 0.939. The molecule has 2 heteroatoms. The van der Waals surface area contributed by atoms with E-state index in [1.807, 2.05) is 6.92 Å². The highest BCUT2D eigenvalue weighted by Crippen LogP contribution is 2.05. The predicted molar refractivity (Wildman–Crippen MR) is 31.0 cm³/mol. The van der Waals surface area contributed by atoms with Gasteiger partial charge in [-0.15, -0.1) is 0 Å². The summed E-state index contributed by atoms with van der Waals surface area (Å²) in [6.45, 7) is 2.20. The van der Waals surface area contributed by atoms with Crippen molar-refractivity contribution in [3.05, 3.63) is 23.7 Å². The first kappa shape index (κ1) is 5.35. The molecule has 0 aromatic heterocycles. The normalized spacial score (nSPS) is 18.8. The summed E-state index contributed by atoms with van der Waals surface area (Å²) in [6, 6.07) is 0. The molecule has 1 nitrogen and oxygen atoms in total. The third-order valence-electron chi connectivity index (χ3n) is 0.985. The predicted octanol–water partition coefficient (Wildman–Crippen LogP) is 1.35. The Kier molecular flexibility index (Phi) is 1.33. The van der Waals surface area contributed by atoms with Gasteiger partial charge < -0.3 is 5.32 Å². The molecule has 0 saturated heterocycles. The molecule has 0 saturated carbocycles. The van der Waals surface area contributed by atoms with E-state index in [2.05, 4.69) is 5.32 Å². The Morgan fingerprint density at radius 3 is 2.88 bits per heavy atom. The average Bonchev–Trinajstić information content (AvgIpc) is 1.64. The second kappa shape index (κ2) is 1.99. The summed E-state index contributed by atoms with van der Waals surface area (Å²) in [7, 11) is 0. The molecule has 8 heavy (non-hydrogen) atoms. The molecule has 0 radical (unpaired) electrons. The summed E-state index contributed by atoms with van der Waals surface area (Å²) < 4.78 is 12.2. The van der Waals surface area contributed by atoms with Gasteiger partial charge in [-0.05, 0) is 24.8 Å². The topological polar surface area (TPSA) is 12.0 Å². The minimum atomic E-state index is -0.0926. The second-order valence-corrected chi connectivity index (χ2v) is 1.86. The van der Waals surface area contributed by atoms with Crippen LogP contribution in [-0.2, 0) is 0 Å². The van der Waals surface area contributed by atoms with Gasteiger partial charge >= 0.3 is 0 Å². The van der Waals surface area contributed by atoms with Crippen LogP contribution in [0.4, 0.5) is 4.39 Å². The van der Waals surface area contributed by atoms with Gasteiger partial charge in [-0.25, -0.2) is 4.39 Å². The van der Waals surface area contributed by atoms with Crippen molar-refractivity contribution in [1.29, 1.82) is 0 Å². The molecule has 0 unspecified atom stereocenters. The molecule has 44 valence electrons. The molecule has 0 aromatic rings. The van der Waals surface area contributed by atoms with E-state index in [0.29, 0.717) is 6.54 Å². The van der Waals surface area contributed by atoms with E-state index in [9.17, 15) is 4.39 Å². The van der Waals surface area contributed by atoms with Crippen molar-refractivity contribution in [3.63, 3.8) is 0 Å². The Balaban J connectivity index is 2.69. The van der Waals surface area contributed by atoms with Crippen LogP contribution >= 0.6 is 0 Å². The maximum Gasteiger partial charge on any atom is 0.119 e. The van der Waals surface area contributed by atoms with Crippen molar-refractivity contribution in [2.24, 2.45) is 0 Å². The van der Waals surface area contributed by atoms with Crippen LogP contribution in [0.25, 0.3) is 0 Å². The lowest BCUT2D eigenvalue weighted by molar-refractivity contribution is 0.591. The van der Waals surface area contributed by atoms with Crippen molar-refractivity contribution in [2.45, 2.75) is 6.92 Å². The summed E-state index contributed by atoms with van der Waals surface area (Å²) in [5.74, 6) is -0.0926. The van der Waals surface area contributed by atoms with Crippen LogP contribution in [0.2, 0.25) is 0 Å². The van der Waals surface area contributed by atoms with E-state index < -0.39 is 0 Å². The Morgan fingerprint density at radius 1 is 1.75 bits per heavy atom. The van der Waals surface area contributed by atoms with Gasteiger partial charge in [-0.2, -0.15) is 0 Å². The van der Waals surface area contributed by atoms with Gasteiger partial charge in [0.2, 0.25) is 0 Å². The molecule has 0 bridgehead atoms. The number of halogens is 1. The molecule has 0 amide bonds. The fourth-order valence-electron chi connectivity index (χ4n) is 0.649. The smallest absolute Gasteiger partial charge is 0.119 e. The molecular weight excluding hydrogens is 105 g/mol. The monoisotopic (exact) mass is 113 g/mol. The number of rotatable bonds is 0. The van der Waals surface area contributed by atoms with Crippen LogP contribution in [0, 0.1) is 0 Å². The van der Waals surface area contributed by atoms with Crippen LogP contribution < -0.4 is 5.32 Å². The minimum Gasteiger partial charge on any atom is -0.384 e. The highest BCUT2D eigenvalue weighted by atomic mass is 19.1. The van der Waals surface area contributed by atoms with Crippen molar-refractivity contribution < 1.29 is 4.39 Å². The number of hydrogen-bond acceptors (Lipinski definition) is 1. The zero-order valence-corrected chi connectivity index (χ0v) is 4.74. The van der Waals surface area contributed by atoms with Gasteiger partial charge in [0, 0.05) is 0 Å². The standard InChI is InChI=1S/C6H8FN/c1-5-2-6(7)4-8-3-5/h2-3,8H,4H2,1H3. The largest absolute Gasteiger partial charge is 0.384 e. The van der Waals surface area contributed by atoms with E-state index in [1.165, 1.54) is 6.08 Å². The maximum absolute atomic E-state index is 12.2. The zero-order chi connectivity index (χ0) is 5.98. The van der Waals surface area contributed by atoms with E-state index >= 15 is 0 Å². The Hall–Kier alpha value is -0.790. The van der Waals surface area contributed by atoms with E-state index in [0.717, 1.165) is 5.57 Å². The van der Waals surface area contributed by atoms with Crippen molar-refractivity contribution in [3.8, 4) is 0 Å². The summed E-state index contributed by atoms with van der Waals surface area (Å²) in [4.78, 5) is 0. The van der Waals surface area contributed by atoms with E-state index in [4.69, 9.17) is 0 Å². The summed E-state index contributed by atoms with van der Waals surface area (Å²) in [5, 5.41) is 2.78. The Labute approximate surface area is 47.9 Å². The lowest BCUT2D eigenvalue weighted by Crippen LogP contribution is -2.11. The lowest BCUT2D eigenvalue weighted by Gasteiger charge is -2.04. The lowest BCUT2D eigenvalue weighted by atomic mass is 10.2. The molecule has 0 atom stereocenters.